The van der Waals surface area contributed by atoms with Crippen molar-refractivity contribution in [2.45, 2.75) is 32.0 Å². The number of hydrogen-bond acceptors (Lipinski definition) is 3. The van der Waals surface area contributed by atoms with E-state index in [9.17, 15) is 9.59 Å². The minimum absolute atomic E-state index is 0.0275. The first-order valence-electron chi connectivity index (χ1n) is 5.93. The van der Waals surface area contributed by atoms with E-state index in [1.807, 2.05) is 12.2 Å². The van der Waals surface area contributed by atoms with Gasteiger partial charge in [-0.3, -0.25) is 14.5 Å². The molecule has 0 aromatic rings. The van der Waals surface area contributed by atoms with Crippen LogP contribution in [0.5, 0.6) is 0 Å². The van der Waals surface area contributed by atoms with E-state index in [2.05, 4.69) is 6.92 Å². The van der Waals surface area contributed by atoms with Gasteiger partial charge in [-0.1, -0.05) is 25.5 Å². The van der Waals surface area contributed by atoms with Gasteiger partial charge >= 0.3 is 0 Å². The highest BCUT2D eigenvalue weighted by atomic mass is 16.5. The second-order valence-electron chi connectivity index (χ2n) is 4.68. The van der Waals surface area contributed by atoms with Crippen LogP contribution in [0.15, 0.2) is 12.2 Å². The first-order chi connectivity index (χ1) is 7.74. The second-order valence-corrected chi connectivity index (χ2v) is 4.68. The molecule has 16 heavy (non-hydrogen) atoms. The summed E-state index contributed by atoms with van der Waals surface area (Å²) in [6, 6.07) is 0. The van der Waals surface area contributed by atoms with Gasteiger partial charge in [-0.15, -0.1) is 0 Å². The molecule has 0 radical (unpaired) electrons. The highest BCUT2D eigenvalue weighted by Gasteiger charge is 2.60. The maximum Gasteiger partial charge on any atom is 0.236 e. The quantitative estimate of drug-likeness (QED) is 0.521. The van der Waals surface area contributed by atoms with Gasteiger partial charge in [0, 0.05) is 6.54 Å². The zero-order valence-electron chi connectivity index (χ0n) is 9.26. The summed E-state index contributed by atoms with van der Waals surface area (Å²) in [6.07, 6.45) is 5.41. The molecule has 0 N–H and O–H groups in total. The number of carbonyl (C=O) groups excluding carboxylic acids is 2. The number of unbranched alkanes of at least 4 members (excludes halogenated alkanes) is 1. The predicted molar refractivity (Wildman–Crippen MR) is 56.4 cm³/mol. The van der Waals surface area contributed by atoms with Crippen LogP contribution >= 0.6 is 0 Å². The molecular formula is C12H15NO3. The van der Waals surface area contributed by atoms with E-state index in [-0.39, 0.29) is 35.9 Å². The lowest BCUT2D eigenvalue weighted by atomic mass is 9.85. The van der Waals surface area contributed by atoms with Crippen molar-refractivity contribution in [2.24, 2.45) is 11.8 Å². The lowest BCUT2D eigenvalue weighted by molar-refractivity contribution is -0.142. The van der Waals surface area contributed by atoms with Crippen LogP contribution in [0.1, 0.15) is 19.8 Å². The zero-order chi connectivity index (χ0) is 11.3. The summed E-state index contributed by atoms with van der Waals surface area (Å²) < 4.78 is 5.55. The summed E-state index contributed by atoms with van der Waals surface area (Å²) in [5, 5.41) is 0. The highest BCUT2D eigenvalue weighted by Crippen LogP contribution is 2.44. The van der Waals surface area contributed by atoms with Crippen LogP contribution in [0.3, 0.4) is 0 Å². The Morgan fingerprint density at radius 3 is 2.25 bits per heavy atom. The second kappa shape index (κ2) is 3.42. The van der Waals surface area contributed by atoms with Crippen molar-refractivity contribution in [1.82, 2.24) is 4.90 Å². The maximum atomic E-state index is 12.1. The van der Waals surface area contributed by atoms with E-state index in [1.165, 1.54) is 4.90 Å². The van der Waals surface area contributed by atoms with Crippen molar-refractivity contribution >= 4 is 11.8 Å². The van der Waals surface area contributed by atoms with Crippen LogP contribution in [0.25, 0.3) is 0 Å². The topological polar surface area (TPSA) is 46.6 Å². The molecule has 3 rings (SSSR count). The van der Waals surface area contributed by atoms with Gasteiger partial charge in [0.2, 0.25) is 11.8 Å². The smallest absolute Gasteiger partial charge is 0.236 e. The number of likely N-dealkylation sites (tertiary alicyclic amines) is 1. The number of ether oxygens (including phenoxy) is 1. The lowest BCUT2D eigenvalue weighted by Crippen LogP contribution is -2.35. The lowest BCUT2D eigenvalue weighted by Gasteiger charge is -2.16. The summed E-state index contributed by atoms with van der Waals surface area (Å²) in [4.78, 5) is 25.6. The van der Waals surface area contributed by atoms with Gasteiger partial charge in [0.15, 0.2) is 0 Å². The van der Waals surface area contributed by atoms with Crippen LogP contribution in [-0.2, 0) is 14.3 Å². The Balaban J connectivity index is 1.83. The Hall–Kier alpha value is -1.16. The number of hydrogen-bond donors (Lipinski definition) is 0. The molecule has 2 amide bonds. The monoisotopic (exact) mass is 221 g/mol. The maximum absolute atomic E-state index is 12.1. The summed E-state index contributed by atoms with van der Waals surface area (Å²) >= 11 is 0. The van der Waals surface area contributed by atoms with E-state index < -0.39 is 0 Å². The van der Waals surface area contributed by atoms with Crippen LogP contribution in [0, 0.1) is 11.8 Å². The van der Waals surface area contributed by atoms with Gasteiger partial charge < -0.3 is 4.74 Å². The van der Waals surface area contributed by atoms with E-state index in [4.69, 9.17) is 4.74 Å². The van der Waals surface area contributed by atoms with Crippen LogP contribution < -0.4 is 0 Å². The molecule has 2 fully saturated rings. The van der Waals surface area contributed by atoms with Gasteiger partial charge in [-0.2, -0.15) is 0 Å². The molecule has 4 nitrogen and oxygen atoms in total. The van der Waals surface area contributed by atoms with Crippen LogP contribution in [-0.4, -0.2) is 35.5 Å². The standard InChI is InChI=1S/C12H15NO3/c1-2-3-6-13-11(14)9-7-4-5-8(16-7)10(9)12(13)15/h4-5,7-10H,2-3,6H2,1H3/t7-,8+,9-,10+. The molecule has 2 saturated heterocycles. The van der Waals surface area contributed by atoms with Crippen molar-refractivity contribution in [3.05, 3.63) is 12.2 Å². The summed E-state index contributed by atoms with van der Waals surface area (Å²) in [5.41, 5.74) is 0. The van der Waals surface area contributed by atoms with Crippen molar-refractivity contribution in [3.63, 3.8) is 0 Å². The van der Waals surface area contributed by atoms with Crippen molar-refractivity contribution < 1.29 is 14.3 Å². The SMILES string of the molecule is CCCCN1C(=O)[C@@H]2[C@H](C1=O)[C@H]1C=C[C@@H]2O1. The first kappa shape index (κ1) is 10.0. The Labute approximate surface area is 94.2 Å². The van der Waals surface area contributed by atoms with Gasteiger partial charge in [-0.05, 0) is 6.42 Å². The molecule has 0 saturated carbocycles. The van der Waals surface area contributed by atoms with E-state index >= 15 is 0 Å². The molecule has 0 spiro atoms. The normalized spacial score (nSPS) is 39.9. The predicted octanol–water partition coefficient (Wildman–Crippen LogP) is 0.725. The number of imide groups is 1. The minimum Gasteiger partial charge on any atom is -0.365 e. The molecule has 2 bridgehead atoms. The van der Waals surface area contributed by atoms with Crippen LogP contribution in [0.2, 0.25) is 0 Å². The average molecular weight is 221 g/mol. The van der Waals surface area contributed by atoms with Crippen LogP contribution in [0.4, 0.5) is 0 Å². The Morgan fingerprint density at radius 2 is 1.75 bits per heavy atom. The highest BCUT2D eigenvalue weighted by molar-refractivity contribution is 6.06. The fourth-order valence-corrected chi connectivity index (χ4v) is 2.90. The number of nitrogens with zero attached hydrogens (tertiary/aromatic N) is 1. The van der Waals surface area contributed by atoms with E-state index in [0.717, 1.165) is 12.8 Å². The van der Waals surface area contributed by atoms with Crippen molar-refractivity contribution in [2.75, 3.05) is 6.54 Å². The molecule has 3 aliphatic heterocycles. The third-order valence-electron chi connectivity index (χ3n) is 3.74. The first-order valence-corrected chi connectivity index (χ1v) is 5.93. The van der Waals surface area contributed by atoms with Gasteiger partial charge in [0.05, 0.1) is 24.0 Å². The third-order valence-corrected chi connectivity index (χ3v) is 3.74. The van der Waals surface area contributed by atoms with Gasteiger partial charge in [0.1, 0.15) is 0 Å². The molecular weight excluding hydrogens is 206 g/mol. The molecule has 0 aliphatic carbocycles. The Kier molecular flexibility index (Phi) is 2.14. The molecule has 3 heterocycles. The average Bonchev–Trinajstić information content (AvgIpc) is 2.92. The fraction of sp³-hybridized carbons (Fsp3) is 0.667. The van der Waals surface area contributed by atoms with E-state index in [0.29, 0.717) is 6.54 Å². The number of fused-ring (bicyclic) bond motifs is 5. The number of carbonyl (C=O) groups is 2. The van der Waals surface area contributed by atoms with Crippen molar-refractivity contribution in [3.8, 4) is 0 Å². The Morgan fingerprint density at radius 1 is 1.19 bits per heavy atom. The summed E-state index contributed by atoms with van der Waals surface area (Å²) in [5.74, 6) is -0.528. The third kappa shape index (κ3) is 1.13. The molecule has 0 aromatic carbocycles. The van der Waals surface area contributed by atoms with E-state index in [1.54, 1.807) is 0 Å². The molecule has 0 aromatic heterocycles. The largest absolute Gasteiger partial charge is 0.365 e. The number of rotatable bonds is 3. The molecule has 86 valence electrons. The minimum atomic E-state index is -0.237. The summed E-state index contributed by atoms with van der Waals surface area (Å²) in [6.45, 7) is 2.63. The fourth-order valence-electron chi connectivity index (χ4n) is 2.90. The van der Waals surface area contributed by atoms with Crippen molar-refractivity contribution in [1.29, 1.82) is 0 Å². The number of amides is 2. The molecule has 4 heteroatoms. The van der Waals surface area contributed by atoms with Gasteiger partial charge in [-0.25, -0.2) is 0 Å². The Bertz CT molecular complexity index is 346. The summed E-state index contributed by atoms with van der Waals surface area (Å²) in [7, 11) is 0. The van der Waals surface area contributed by atoms with Gasteiger partial charge in [0.25, 0.3) is 0 Å². The zero-order valence-corrected chi connectivity index (χ0v) is 9.26. The molecule has 4 atom stereocenters. The molecule has 0 unspecified atom stereocenters. The molecule has 3 aliphatic rings.